The normalized spacial score (nSPS) is 23.4. The Morgan fingerprint density at radius 1 is 0.970 bits per heavy atom. The highest BCUT2D eigenvalue weighted by molar-refractivity contribution is 6.02. The molecule has 2 aliphatic carbocycles. The van der Waals surface area contributed by atoms with Gasteiger partial charge < -0.3 is 15.3 Å². The van der Waals surface area contributed by atoms with Crippen LogP contribution >= 0.6 is 0 Å². The monoisotopic (exact) mass is 446 g/mol. The maximum atomic E-state index is 13.9. The SMILES string of the molecule is O=C(NC[C@H](O)c1ccccc1)[C@H]1c2ccccc2C(=O)N(C2CCCC2)C12CCCCC2. The lowest BCUT2D eigenvalue weighted by atomic mass is 9.64. The molecule has 0 bridgehead atoms. The number of benzene rings is 2. The van der Waals surface area contributed by atoms with Gasteiger partial charge in [-0.1, -0.05) is 80.6 Å². The third kappa shape index (κ3) is 3.97. The molecule has 1 aliphatic heterocycles. The van der Waals surface area contributed by atoms with E-state index in [1.165, 1.54) is 0 Å². The van der Waals surface area contributed by atoms with Gasteiger partial charge in [-0.15, -0.1) is 0 Å². The van der Waals surface area contributed by atoms with E-state index in [9.17, 15) is 14.7 Å². The van der Waals surface area contributed by atoms with E-state index < -0.39 is 17.6 Å². The summed E-state index contributed by atoms with van der Waals surface area (Å²) in [7, 11) is 0. The minimum absolute atomic E-state index is 0.0742. The van der Waals surface area contributed by atoms with Gasteiger partial charge in [0, 0.05) is 18.2 Å². The summed E-state index contributed by atoms with van der Waals surface area (Å²) in [6.45, 7) is 0.162. The van der Waals surface area contributed by atoms with E-state index in [4.69, 9.17) is 0 Å². The Bertz CT molecular complexity index is 993. The number of fused-ring (bicyclic) bond motifs is 1. The van der Waals surface area contributed by atoms with Gasteiger partial charge in [0.25, 0.3) is 5.91 Å². The van der Waals surface area contributed by atoms with Crippen LogP contribution in [0.5, 0.6) is 0 Å². The largest absolute Gasteiger partial charge is 0.387 e. The van der Waals surface area contributed by atoms with Gasteiger partial charge in [0.1, 0.15) is 0 Å². The fraction of sp³-hybridized carbons (Fsp3) is 0.500. The van der Waals surface area contributed by atoms with Crippen molar-refractivity contribution in [2.75, 3.05) is 6.54 Å². The number of hydrogen-bond donors (Lipinski definition) is 2. The number of carbonyl (C=O) groups excluding carboxylic acids is 2. The molecule has 5 rings (SSSR count). The summed E-state index contributed by atoms with van der Waals surface area (Å²) in [5.41, 5.74) is 1.84. The summed E-state index contributed by atoms with van der Waals surface area (Å²) in [4.78, 5) is 29.9. The highest BCUT2D eigenvalue weighted by atomic mass is 16.3. The van der Waals surface area contributed by atoms with Gasteiger partial charge in [-0.3, -0.25) is 9.59 Å². The van der Waals surface area contributed by atoms with Crippen molar-refractivity contribution in [3.8, 4) is 0 Å². The molecule has 2 N–H and O–H groups in total. The second-order valence-electron chi connectivity index (χ2n) is 9.97. The molecule has 5 nitrogen and oxygen atoms in total. The molecule has 0 unspecified atom stereocenters. The smallest absolute Gasteiger partial charge is 0.254 e. The Kier molecular flexibility index (Phi) is 6.24. The topological polar surface area (TPSA) is 69.6 Å². The van der Waals surface area contributed by atoms with E-state index in [0.717, 1.165) is 68.9 Å². The van der Waals surface area contributed by atoms with E-state index in [0.29, 0.717) is 5.56 Å². The lowest BCUT2D eigenvalue weighted by Gasteiger charge is -2.56. The minimum Gasteiger partial charge on any atom is -0.387 e. The van der Waals surface area contributed by atoms with Crippen LogP contribution in [0.3, 0.4) is 0 Å². The Balaban J connectivity index is 1.50. The molecule has 1 heterocycles. The lowest BCUT2D eigenvalue weighted by molar-refractivity contribution is -0.128. The van der Waals surface area contributed by atoms with Crippen LogP contribution in [0.2, 0.25) is 0 Å². The fourth-order valence-electron chi connectivity index (χ4n) is 6.57. The van der Waals surface area contributed by atoms with Crippen molar-refractivity contribution in [2.45, 2.75) is 81.4 Å². The molecule has 2 aromatic carbocycles. The summed E-state index contributed by atoms with van der Waals surface area (Å²) >= 11 is 0. The summed E-state index contributed by atoms with van der Waals surface area (Å²) in [6.07, 6.45) is 8.53. The van der Waals surface area contributed by atoms with E-state index >= 15 is 0 Å². The quantitative estimate of drug-likeness (QED) is 0.698. The van der Waals surface area contributed by atoms with Gasteiger partial charge in [0.2, 0.25) is 5.91 Å². The predicted molar refractivity (Wildman–Crippen MR) is 128 cm³/mol. The molecule has 2 aromatic rings. The average molecular weight is 447 g/mol. The third-order valence-electron chi connectivity index (χ3n) is 8.06. The van der Waals surface area contributed by atoms with Crippen LogP contribution in [0.4, 0.5) is 0 Å². The zero-order valence-electron chi connectivity index (χ0n) is 19.2. The number of hydrogen-bond acceptors (Lipinski definition) is 3. The Labute approximate surface area is 196 Å². The molecular formula is C28H34N2O3. The van der Waals surface area contributed by atoms with E-state index in [1.54, 1.807) is 0 Å². The highest BCUT2D eigenvalue weighted by Crippen LogP contribution is 2.51. The van der Waals surface area contributed by atoms with Crippen LogP contribution in [0.25, 0.3) is 0 Å². The number of carbonyl (C=O) groups is 2. The molecule has 174 valence electrons. The molecule has 0 saturated heterocycles. The van der Waals surface area contributed by atoms with Crippen molar-refractivity contribution in [1.82, 2.24) is 10.2 Å². The zero-order valence-corrected chi connectivity index (χ0v) is 19.2. The zero-order chi connectivity index (χ0) is 22.8. The second kappa shape index (κ2) is 9.30. The van der Waals surface area contributed by atoms with Crippen molar-refractivity contribution >= 4 is 11.8 Å². The van der Waals surface area contributed by atoms with Crippen LogP contribution < -0.4 is 5.32 Å². The maximum absolute atomic E-state index is 13.9. The standard InChI is InChI=1S/C28H34N2O3/c31-24(20-11-3-1-4-12-20)19-29-26(32)25-22-15-7-8-16-23(22)27(33)30(21-13-5-6-14-21)28(25)17-9-2-10-18-28/h1,3-4,7-8,11-12,15-16,21,24-25,31H,2,5-6,9-10,13-14,17-19H2,(H,29,32)/t24-,25+/m0/s1. The van der Waals surface area contributed by atoms with Gasteiger partial charge >= 0.3 is 0 Å². The first-order chi connectivity index (χ1) is 16.1. The summed E-state index contributed by atoms with van der Waals surface area (Å²) in [5, 5.41) is 13.7. The van der Waals surface area contributed by atoms with Crippen LogP contribution in [0.15, 0.2) is 54.6 Å². The first-order valence-corrected chi connectivity index (χ1v) is 12.5. The number of amides is 2. The summed E-state index contributed by atoms with van der Waals surface area (Å²) in [6, 6.07) is 17.3. The van der Waals surface area contributed by atoms with E-state index in [-0.39, 0.29) is 24.4 Å². The lowest BCUT2D eigenvalue weighted by Crippen LogP contribution is -2.65. The van der Waals surface area contributed by atoms with Crippen LogP contribution in [-0.4, -0.2) is 39.9 Å². The predicted octanol–water partition coefficient (Wildman–Crippen LogP) is 4.72. The molecule has 2 atom stereocenters. The molecule has 2 fully saturated rings. The van der Waals surface area contributed by atoms with Crippen molar-refractivity contribution in [3.63, 3.8) is 0 Å². The van der Waals surface area contributed by atoms with Crippen molar-refractivity contribution in [2.24, 2.45) is 0 Å². The minimum atomic E-state index is -0.760. The third-order valence-corrected chi connectivity index (χ3v) is 8.06. The molecule has 33 heavy (non-hydrogen) atoms. The van der Waals surface area contributed by atoms with Gasteiger partial charge in [-0.25, -0.2) is 0 Å². The summed E-state index contributed by atoms with van der Waals surface area (Å²) in [5.74, 6) is -0.377. The Morgan fingerprint density at radius 2 is 1.64 bits per heavy atom. The molecule has 0 radical (unpaired) electrons. The van der Waals surface area contributed by atoms with E-state index in [1.807, 2.05) is 54.6 Å². The molecule has 0 aromatic heterocycles. The van der Waals surface area contributed by atoms with Crippen LogP contribution in [-0.2, 0) is 4.79 Å². The van der Waals surface area contributed by atoms with Gasteiger partial charge in [-0.05, 0) is 42.9 Å². The second-order valence-corrected chi connectivity index (χ2v) is 9.97. The molecule has 2 amide bonds. The first-order valence-electron chi connectivity index (χ1n) is 12.5. The van der Waals surface area contributed by atoms with Crippen LogP contribution in [0, 0.1) is 0 Å². The molecule has 3 aliphatic rings. The van der Waals surface area contributed by atoms with Crippen molar-refractivity contribution in [1.29, 1.82) is 0 Å². The van der Waals surface area contributed by atoms with Crippen molar-refractivity contribution < 1.29 is 14.7 Å². The van der Waals surface area contributed by atoms with Crippen LogP contribution in [0.1, 0.15) is 91.3 Å². The van der Waals surface area contributed by atoms with Gasteiger partial charge in [-0.2, -0.15) is 0 Å². The van der Waals surface area contributed by atoms with Gasteiger partial charge in [0.15, 0.2) is 0 Å². The number of nitrogens with zero attached hydrogens (tertiary/aromatic N) is 1. The molecule has 2 saturated carbocycles. The molecule has 5 heteroatoms. The number of nitrogens with one attached hydrogen (secondary N) is 1. The van der Waals surface area contributed by atoms with E-state index in [2.05, 4.69) is 10.2 Å². The Morgan fingerprint density at radius 3 is 2.36 bits per heavy atom. The highest BCUT2D eigenvalue weighted by Gasteiger charge is 2.56. The number of rotatable bonds is 5. The van der Waals surface area contributed by atoms with Gasteiger partial charge in [0.05, 0.1) is 17.6 Å². The van der Waals surface area contributed by atoms with Crippen molar-refractivity contribution in [3.05, 3.63) is 71.3 Å². The number of aliphatic hydroxyl groups excluding tert-OH is 1. The first kappa shape index (κ1) is 22.1. The Hall–Kier alpha value is -2.66. The number of aliphatic hydroxyl groups is 1. The summed E-state index contributed by atoms with van der Waals surface area (Å²) < 4.78 is 0. The fourth-order valence-corrected chi connectivity index (χ4v) is 6.57. The average Bonchev–Trinajstić information content (AvgIpc) is 3.38. The molecule has 1 spiro atoms. The molecular weight excluding hydrogens is 412 g/mol. The maximum Gasteiger partial charge on any atom is 0.254 e.